The molecule has 0 heterocycles. The second kappa shape index (κ2) is 10.2. The molecule has 0 saturated carbocycles. The van der Waals surface area contributed by atoms with Gasteiger partial charge in [0.05, 0.1) is 19.8 Å². The molecule has 1 N–H and O–H groups in total. The second-order valence-electron chi connectivity index (χ2n) is 7.43. The number of rotatable bonds is 11. The predicted molar refractivity (Wildman–Crippen MR) is 87.4 cm³/mol. The van der Waals surface area contributed by atoms with E-state index in [1.165, 1.54) is 0 Å². The largest absolute Gasteiger partial charge is 0.379 e. The summed E-state index contributed by atoms with van der Waals surface area (Å²) >= 11 is 0. The van der Waals surface area contributed by atoms with Crippen LogP contribution in [0.15, 0.2) is 0 Å². The van der Waals surface area contributed by atoms with Gasteiger partial charge in [-0.2, -0.15) is 0 Å². The number of ether oxygens (including phenoxy) is 2. The Morgan fingerprint density at radius 1 is 0.905 bits per heavy atom. The average Bonchev–Trinajstić information content (AvgIpc) is 2.38. The summed E-state index contributed by atoms with van der Waals surface area (Å²) < 4.78 is 10.7. The molecule has 4 nitrogen and oxygen atoms in total. The minimum atomic E-state index is -0.322. The Kier molecular flexibility index (Phi) is 9.88. The highest BCUT2D eigenvalue weighted by Crippen LogP contribution is 2.30. The normalized spacial score (nSPS) is 12.5. The Morgan fingerprint density at radius 2 is 1.48 bits per heavy atom. The molecule has 0 atom stereocenters. The van der Waals surface area contributed by atoms with Crippen LogP contribution in [0.1, 0.15) is 60.8 Å². The van der Waals surface area contributed by atoms with Gasteiger partial charge in [-0.3, -0.25) is 4.79 Å². The predicted octanol–water partition coefficient (Wildman–Crippen LogP) is 3.40. The number of hydrogen-bond acceptors (Lipinski definition) is 3. The Hall–Kier alpha value is -0.610. The zero-order valence-electron chi connectivity index (χ0n) is 14.9. The van der Waals surface area contributed by atoms with Crippen molar-refractivity contribution < 1.29 is 14.3 Å². The van der Waals surface area contributed by atoms with Crippen LogP contribution in [0.4, 0.5) is 0 Å². The fraction of sp³-hybridized carbons (Fsp3) is 0.941. The van der Waals surface area contributed by atoms with Crippen molar-refractivity contribution in [1.82, 2.24) is 5.32 Å². The van der Waals surface area contributed by atoms with E-state index in [9.17, 15) is 4.79 Å². The van der Waals surface area contributed by atoms with Gasteiger partial charge < -0.3 is 14.8 Å². The first-order chi connectivity index (χ1) is 9.69. The van der Waals surface area contributed by atoms with Crippen LogP contribution in [0, 0.1) is 10.8 Å². The van der Waals surface area contributed by atoms with Gasteiger partial charge in [-0.25, -0.2) is 0 Å². The fourth-order valence-corrected chi connectivity index (χ4v) is 1.74. The number of amides is 1. The smallest absolute Gasteiger partial charge is 0.225 e. The van der Waals surface area contributed by atoms with E-state index in [4.69, 9.17) is 9.47 Å². The Bertz CT molecular complexity index is 282. The summed E-state index contributed by atoms with van der Waals surface area (Å²) in [5.41, 5.74) is -0.0589. The lowest BCUT2D eigenvalue weighted by Gasteiger charge is -2.27. The van der Waals surface area contributed by atoms with E-state index in [0.29, 0.717) is 26.4 Å². The molecule has 0 rings (SSSR count). The summed E-state index contributed by atoms with van der Waals surface area (Å²) in [7, 11) is 0. The van der Waals surface area contributed by atoms with Crippen molar-refractivity contribution in [3.63, 3.8) is 0 Å². The van der Waals surface area contributed by atoms with Gasteiger partial charge in [0.25, 0.3) is 0 Å². The number of hydrogen-bond donors (Lipinski definition) is 1. The number of nitrogens with one attached hydrogen (secondary N) is 1. The molecule has 0 fully saturated rings. The molecule has 0 saturated heterocycles. The van der Waals surface area contributed by atoms with Crippen molar-refractivity contribution in [2.75, 3.05) is 33.0 Å². The maximum atomic E-state index is 12.2. The molecule has 0 radical (unpaired) electrons. The van der Waals surface area contributed by atoms with Gasteiger partial charge in [0.2, 0.25) is 5.91 Å². The van der Waals surface area contributed by atoms with E-state index in [2.05, 4.69) is 33.0 Å². The van der Waals surface area contributed by atoms with Crippen molar-refractivity contribution in [3.05, 3.63) is 0 Å². The van der Waals surface area contributed by atoms with Crippen LogP contribution in [0.2, 0.25) is 0 Å². The van der Waals surface area contributed by atoms with E-state index in [1.807, 2.05) is 13.8 Å². The molecule has 1 amide bonds. The Morgan fingerprint density at radius 3 is 2.00 bits per heavy atom. The van der Waals surface area contributed by atoms with Crippen molar-refractivity contribution >= 4 is 5.91 Å². The van der Waals surface area contributed by atoms with Crippen molar-refractivity contribution in [1.29, 1.82) is 0 Å². The lowest BCUT2D eigenvalue weighted by molar-refractivity contribution is -0.130. The third-order valence-corrected chi connectivity index (χ3v) is 3.37. The summed E-state index contributed by atoms with van der Waals surface area (Å²) in [6.45, 7) is 15.8. The third-order valence-electron chi connectivity index (χ3n) is 3.37. The van der Waals surface area contributed by atoms with E-state index >= 15 is 0 Å². The molecule has 0 aromatic rings. The van der Waals surface area contributed by atoms with Crippen LogP contribution in [0.5, 0.6) is 0 Å². The van der Waals surface area contributed by atoms with Crippen LogP contribution in [0.3, 0.4) is 0 Å². The van der Waals surface area contributed by atoms with E-state index in [1.54, 1.807) is 0 Å². The molecule has 0 aromatic heterocycles. The van der Waals surface area contributed by atoms with Crippen molar-refractivity contribution in [2.45, 2.75) is 60.8 Å². The lowest BCUT2D eigenvalue weighted by Crippen LogP contribution is -2.39. The van der Waals surface area contributed by atoms with E-state index in [-0.39, 0.29) is 16.7 Å². The molecule has 4 heteroatoms. The van der Waals surface area contributed by atoms with Gasteiger partial charge in [0.1, 0.15) is 0 Å². The van der Waals surface area contributed by atoms with Crippen LogP contribution < -0.4 is 5.32 Å². The van der Waals surface area contributed by atoms with Gasteiger partial charge in [0.15, 0.2) is 0 Å². The molecule has 0 spiro atoms. The van der Waals surface area contributed by atoms with Gasteiger partial charge in [0, 0.05) is 18.6 Å². The van der Waals surface area contributed by atoms with E-state index in [0.717, 1.165) is 25.9 Å². The second-order valence-corrected chi connectivity index (χ2v) is 7.43. The summed E-state index contributed by atoms with van der Waals surface area (Å²) in [5, 5.41) is 2.96. The maximum Gasteiger partial charge on any atom is 0.225 e. The molecule has 21 heavy (non-hydrogen) atoms. The monoisotopic (exact) mass is 301 g/mol. The van der Waals surface area contributed by atoms with E-state index < -0.39 is 0 Å². The Labute approximate surface area is 131 Å². The fourth-order valence-electron chi connectivity index (χ4n) is 1.74. The van der Waals surface area contributed by atoms with Gasteiger partial charge in [-0.05, 0) is 24.7 Å². The highest BCUT2D eigenvalue weighted by Gasteiger charge is 2.28. The van der Waals surface area contributed by atoms with Gasteiger partial charge >= 0.3 is 0 Å². The highest BCUT2D eigenvalue weighted by molar-refractivity contribution is 5.81. The average molecular weight is 301 g/mol. The van der Waals surface area contributed by atoms with Crippen LogP contribution in [0.25, 0.3) is 0 Å². The molecule has 0 aliphatic heterocycles. The SMILES string of the molecule is CCCOCCOCCNC(=O)C(C)(C)CCC(C)(C)C. The number of carbonyl (C=O) groups excluding carboxylic acids is 1. The maximum absolute atomic E-state index is 12.2. The third kappa shape index (κ3) is 11.7. The first-order valence-corrected chi connectivity index (χ1v) is 8.13. The zero-order chi connectivity index (χ0) is 16.4. The van der Waals surface area contributed by atoms with Crippen LogP contribution in [-0.4, -0.2) is 38.9 Å². The number of carbonyl (C=O) groups is 1. The standard InChI is InChI=1S/C17H35NO3/c1-7-11-20-13-14-21-12-10-18-15(19)17(5,6)9-8-16(2,3)4/h7-14H2,1-6H3,(H,18,19). The molecule has 0 aromatic carbocycles. The summed E-state index contributed by atoms with van der Waals surface area (Å²) in [4.78, 5) is 12.2. The molecule has 0 aliphatic carbocycles. The first kappa shape index (κ1) is 20.4. The highest BCUT2D eigenvalue weighted by atomic mass is 16.5. The van der Waals surface area contributed by atoms with Gasteiger partial charge in [-0.15, -0.1) is 0 Å². The molecule has 0 bridgehead atoms. The van der Waals surface area contributed by atoms with Crippen molar-refractivity contribution in [3.8, 4) is 0 Å². The quantitative estimate of drug-likeness (QED) is 0.595. The lowest BCUT2D eigenvalue weighted by atomic mass is 9.79. The molecular formula is C17H35NO3. The summed E-state index contributed by atoms with van der Waals surface area (Å²) in [6, 6.07) is 0. The van der Waals surface area contributed by atoms with Gasteiger partial charge in [-0.1, -0.05) is 41.5 Å². The molecule has 0 unspecified atom stereocenters. The molecule has 126 valence electrons. The summed E-state index contributed by atoms with van der Waals surface area (Å²) in [6.07, 6.45) is 2.96. The first-order valence-electron chi connectivity index (χ1n) is 8.13. The van der Waals surface area contributed by atoms with Crippen molar-refractivity contribution in [2.24, 2.45) is 10.8 Å². The minimum absolute atomic E-state index is 0.109. The summed E-state index contributed by atoms with van der Waals surface area (Å²) in [5.74, 6) is 0.109. The van der Waals surface area contributed by atoms with Crippen LogP contribution in [-0.2, 0) is 14.3 Å². The molecule has 0 aliphatic rings. The van der Waals surface area contributed by atoms with Crippen LogP contribution >= 0.6 is 0 Å². The Balaban J connectivity index is 3.72. The minimum Gasteiger partial charge on any atom is -0.379 e. The zero-order valence-corrected chi connectivity index (χ0v) is 14.9. The molecular weight excluding hydrogens is 266 g/mol. The topological polar surface area (TPSA) is 47.6 Å².